The van der Waals surface area contributed by atoms with E-state index in [9.17, 15) is 9.59 Å². The second-order valence-electron chi connectivity index (χ2n) is 7.13. The van der Waals surface area contributed by atoms with Gasteiger partial charge < -0.3 is 19.4 Å². The van der Waals surface area contributed by atoms with Crippen LogP contribution in [0.25, 0.3) is 21.4 Å². The Bertz CT molecular complexity index is 1290. The van der Waals surface area contributed by atoms with Crippen molar-refractivity contribution in [1.82, 2.24) is 4.98 Å². The van der Waals surface area contributed by atoms with Gasteiger partial charge in [0.25, 0.3) is 5.91 Å². The first-order chi connectivity index (χ1) is 15.2. The zero-order chi connectivity index (χ0) is 21.2. The number of nitrogens with one attached hydrogen (secondary N) is 1. The molecule has 8 heteroatoms. The van der Waals surface area contributed by atoms with Crippen molar-refractivity contribution >= 4 is 39.1 Å². The van der Waals surface area contributed by atoms with Crippen LogP contribution in [0.2, 0.25) is 0 Å². The number of carbonyl (C=O) groups is 1. The number of anilines is 2. The number of pyridine rings is 1. The number of fused-ring (bicyclic) bond motifs is 1. The van der Waals surface area contributed by atoms with E-state index in [1.54, 1.807) is 30.6 Å². The molecular weight excluding hydrogens is 414 g/mol. The van der Waals surface area contributed by atoms with Gasteiger partial charge in [0, 0.05) is 53.7 Å². The summed E-state index contributed by atoms with van der Waals surface area (Å²) < 4.78 is 12.2. The van der Waals surface area contributed by atoms with Crippen LogP contribution in [0.15, 0.2) is 69.5 Å². The molecule has 0 aliphatic carbocycles. The Morgan fingerprint density at radius 3 is 2.71 bits per heavy atom. The average Bonchev–Trinajstić information content (AvgIpc) is 3.25. The van der Waals surface area contributed by atoms with Gasteiger partial charge in [-0.05, 0) is 29.8 Å². The fourth-order valence-electron chi connectivity index (χ4n) is 3.54. The summed E-state index contributed by atoms with van der Waals surface area (Å²) in [5.74, 6) is 0.346. The van der Waals surface area contributed by atoms with Gasteiger partial charge in [0.15, 0.2) is 11.5 Å². The normalized spacial score (nSPS) is 14.0. The van der Waals surface area contributed by atoms with Gasteiger partial charge in [-0.1, -0.05) is 12.1 Å². The molecule has 1 aliphatic rings. The molecule has 0 atom stereocenters. The lowest BCUT2D eigenvalue weighted by atomic mass is 10.1. The first-order valence-electron chi connectivity index (χ1n) is 9.89. The van der Waals surface area contributed by atoms with Gasteiger partial charge in [-0.25, -0.2) is 0 Å². The summed E-state index contributed by atoms with van der Waals surface area (Å²) in [4.78, 5) is 31.1. The van der Waals surface area contributed by atoms with E-state index in [1.807, 2.05) is 34.5 Å². The van der Waals surface area contributed by atoms with Gasteiger partial charge in [0.05, 0.1) is 13.2 Å². The van der Waals surface area contributed by atoms with Gasteiger partial charge in [-0.2, -0.15) is 0 Å². The molecule has 156 valence electrons. The first-order valence-corrected chi connectivity index (χ1v) is 10.8. The highest BCUT2D eigenvalue weighted by atomic mass is 32.1. The third kappa shape index (κ3) is 3.95. The topological polar surface area (TPSA) is 84.7 Å². The van der Waals surface area contributed by atoms with Gasteiger partial charge >= 0.3 is 0 Å². The number of aromatic nitrogens is 1. The summed E-state index contributed by atoms with van der Waals surface area (Å²) in [6.45, 7) is 2.59. The molecule has 0 spiro atoms. The first kappa shape index (κ1) is 19.5. The number of nitrogens with zero attached hydrogens (tertiary/aromatic N) is 2. The SMILES string of the molecule is O=C(Nc1cccc(-c2csc3c(=O)cc(N4CCOCC4)oc23)c1)c1ccncc1. The summed E-state index contributed by atoms with van der Waals surface area (Å²) >= 11 is 1.36. The molecule has 0 unspecified atom stereocenters. The fourth-order valence-corrected chi connectivity index (χ4v) is 4.45. The lowest BCUT2D eigenvalue weighted by molar-refractivity contribution is 0.102. The van der Waals surface area contributed by atoms with Crippen LogP contribution < -0.4 is 15.6 Å². The van der Waals surface area contributed by atoms with Crippen LogP contribution in [0, 0.1) is 0 Å². The summed E-state index contributed by atoms with van der Waals surface area (Å²) in [6.07, 6.45) is 3.16. The number of morpholine rings is 1. The summed E-state index contributed by atoms with van der Waals surface area (Å²) in [7, 11) is 0. The molecule has 31 heavy (non-hydrogen) atoms. The monoisotopic (exact) mass is 433 g/mol. The number of benzene rings is 1. The number of hydrogen-bond donors (Lipinski definition) is 1. The molecular formula is C23H19N3O4S. The molecule has 1 saturated heterocycles. The Balaban J connectivity index is 1.49. The third-order valence-electron chi connectivity index (χ3n) is 5.13. The molecule has 5 rings (SSSR count). The molecule has 1 fully saturated rings. The van der Waals surface area contributed by atoms with Crippen molar-refractivity contribution in [1.29, 1.82) is 0 Å². The molecule has 4 heterocycles. The fraction of sp³-hybridized carbons (Fsp3) is 0.174. The summed E-state index contributed by atoms with van der Waals surface area (Å²) in [5, 5.41) is 4.82. The average molecular weight is 433 g/mol. The van der Waals surface area contributed by atoms with Gasteiger partial charge in [-0.15, -0.1) is 11.3 Å². The van der Waals surface area contributed by atoms with Crippen LogP contribution >= 0.6 is 11.3 Å². The number of rotatable bonds is 4. The zero-order valence-electron chi connectivity index (χ0n) is 16.5. The van der Waals surface area contributed by atoms with Crippen molar-refractivity contribution in [3.63, 3.8) is 0 Å². The molecule has 1 aliphatic heterocycles. The van der Waals surface area contributed by atoms with E-state index in [4.69, 9.17) is 9.15 Å². The van der Waals surface area contributed by atoms with Crippen molar-refractivity contribution in [2.45, 2.75) is 0 Å². The maximum atomic E-state index is 12.7. The minimum Gasteiger partial charge on any atom is -0.439 e. The number of hydrogen-bond acceptors (Lipinski definition) is 7. The van der Waals surface area contributed by atoms with Gasteiger partial charge in [-0.3, -0.25) is 14.6 Å². The van der Waals surface area contributed by atoms with E-state index >= 15 is 0 Å². The largest absolute Gasteiger partial charge is 0.439 e. The third-order valence-corrected chi connectivity index (χ3v) is 6.10. The standard InChI is InChI=1S/C23H19N3O4S/c27-19-13-20(26-8-10-29-11-9-26)30-21-18(14-31-22(19)21)16-2-1-3-17(12-16)25-23(28)15-4-6-24-7-5-15/h1-7,12-14H,8-11H2,(H,25,28). The van der Waals surface area contributed by atoms with E-state index in [2.05, 4.69) is 10.3 Å². The highest BCUT2D eigenvalue weighted by Crippen LogP contribution is 2.35. The van der Waals surface area contributed by atoms with Crippen LogP contribution in [0.1, 0.15) is 10.4 Å². The second-order valence-corrected chi connectivity index (χ2v) is 8.01. The van der Waals surface area contributed by atoms with E-state index in [-0.39, 0.29) is 11.3 Å². The van der Waals surface area contributed by atoms with Gasteiger partial charge in [0.2, 0.25) is 5.43 Å². The summed E-state index contributed by atoms with van der Waals surface area (Å²) in [6, 6.07) is 12.4. The molecule has 0 bridgehead atoms. The molecule has 7 nitrogen and oxygen atoms in total. The van der Waals surface area contributed by atoms with Crippen molar-refractivity contribution in [3.8, 4) is 11.1 Å². The highest BCUT2D eigenvalue weighted by Gasteiger charge is 2.19. The van der Waals surface area contributed by atoms with E-state index in [0.717, 1.165) is 11.1 Å². The molecule has 3 aromatic heterocycles. The maximum absolute atomic E-state index is 12.7. The Hall–Kier alpha value is -3.49. The predicted molar refractivity (Wildman–Crippen MR) is 121 cm³/mol. The van der Waals surface area contributed by atoms with Crippen molar-refractivity contribution < 1.29 is 13.9 Å². The quantitative estimate of drug-likeness (QED) is 0.524. The Labute approximate surface area is 181 Å². The summed E-state index contributed by atoms with van der Waals surface area (Å²) in [5.41, 5.74) is 3.39. The zero-order valence-corrected chi connectivity index (χ0v) is 17.4. The predicted octanol–water partition coefficient (Wildman–Crippen LogP) is 4.01. The van der Waals surface area contributed by atoms with Crippen LogP contribution in [0.3, 0.4) is 0 Å². The van der Waals surface area contributed by atoms with E-state index < -0.39 is 0 Å². The van der Waals surface area contributed by atoms with Crippen LogP contribution in [0.4, 0.5) is 11.6 Å². The smallest absolute Gasteiger partial charge is 0.255 e. The Morgan fingerprint density at radius 2 is 1.90 bits per heavy atom. The van der Waals surface area contributed by atoms with Crippen LogP contribution in [-0.4, -0.2) is 37.2 Å². The maximum Gasteiger partial charge on any atom is 0.255 e. The lowest BCUT2D eigenvalue weighted by Gasteiger charge is -2.27. The molecule has 0 radical (unpaired) electrons. The molecule has 1 amide bonds. The Morgan fingerprint density at radius 1 is 1.10 bits per heavy atom. The number of ether oxygens (including phenoxy) is 1. The van der Waals surface area contributed by atoms with Crippen LogP contribution in [0.5, 0.6) is 0 Å². The molecule has 1 N–H and O–H groups in total. The molecule has 0 saturated carbocycles. The lowest BCUT2D eigenvalue weighted by Crippen LogP contribution is -2.36. The minimum atomic E-state index is -0.212. The highest BCUT2D eigenvalue weighted by molar-refractivity contribution is 7.17. The Kier molecular flexibility index (Phi) is 5.23. The number of thiophene rings is 1. The van der Waals surface area contributed by atoms with Crippen LogP contribution in [-0.2, 0) is 4.74 Å². The molecule has 1 aromatic carbocycles. The number of amides is 1. The van der Waals surface area contributed by atoms with Crippen molar-refractivity contribution in [2.24, 2.45) is 0 Å². The second kappa shape index (κ2) is 8.33. The van der Waals surface area contributed by atoms with Crippen molar-refractivity contribution in [2.75, 3.05) is 36.5 Å². The van der Waals surface area contributed by atoms with Gasteiger partial charge in [0.1, 0.15) is 4.70 Å². The minimum absolute atomic E-state index is 0.0545. The van der Waals surface area contributed by atoms with Crippen molar-refractivity contribution in [3.05, 3.63) is 76.0 Å². The van der Waals surface area contributed by atoms with E-state index in [1.165, 1.54) is 11.3 Å². The van der Waals surface area contributed by atoms with E-state index in [0.29, 0.717) is 53.7 Å². The molecule has 4 aromatic rings. The number of carbonyl (C=O) groups excluding carboxylic acids is 1.